The summed E-state index contributed by atoms with van der Waals surface area (Å²) in [6.45, 7) is 3.87. The van der Waals surface area contributed by atoms with Gasteiger partial charge in [0.2, 0.25) is 0 Å². The lowest BCUT2D eigenvalue weighted by molar-refractivity contribution is -0.133. The molecule has 0 fully saturated rings. The molecular weight excluding hydrogens is 362 g/mol. The number of halogens is 1. The Hall–Kier alpha value is -2.12. The van der Waals surface area contributed by atoms with Gasteiger partial charge in [0.15, 0.2) is 5.69 Å². The van der Waals surface area contributed by atoms with Crippen molar-refractivity contribution < 1.29 is 14.7 Å². The fraction of sp³-hybridized carbons (Fsp3) is 0.294. The maximum Gasteiger partial charge on any atom is 0.313 e. The van der Waals surface area contributed by atoms with Crippen molar-refractivity contribution in [3.8, 4) is 0 Å². The van der Waals surface area contributed by atoms with Crippen molar-refractivity contribution in [2.45, 2.75) is 25.5 Å². The molecule has 0 bridgehead atoms. The number of hydrogen-bond donors (Lipinski definition) is 2. The number of nitrogens with one attached hydrogen (secondary N) is 1. The highest BCUT2D eigenvalue weighted by Gasteiger charge is 2.16. The van der Waals surface area contributed by atoms with Gasteiger partial charge in [-0.05, 0) is 17.7 Å². The number of carbonyl (C=O) groups is 2. The summed E-state index contributed by atoms with van der Waals surface area (Å²) in [5, 5.41) is 11.6. The minimum Gasteiger partial charge on any atom is -0.481 e. The van der Waals surface area contributed by atoms with Gasteiger partial charge in [0.05, 0.1) is 17.0 Å². The van der Waals surface area contributed by atoms with E-state index in [9.17, 15) is 9.59 Å². The van der Waals surface area contributed by atoms with Crippen molar-refractivity contribution in [3.05, 3.63) is 52.6 Å². The zero-order chi connectivity index (χ0) is 18.4. The summed E-state index contributed by atoms with van der Waals surface area (Å²) in [7, 11) is 0. The number of aliphatic carboxylic acids is 1. The molecule has 25 heavy (non-hydrogen) atoms. The summed E-state index contributed by atoms with van der Waals surface area (Å²) in [5.74, 6) is -0.0578. The summed E-state index contributed by atoms with van der Waals surface area (Å²) in [6.07, 6.45) is 1.43. The van der Waals surface area contributed by atoms with Crippen LogP contribution in [0.25, 0.3) is 0 Å². The number of thioether (sulfide) groups is 1. The first-order valence-corrected chi connectivity index (χ1v) is 9.12. The maximum absolute atomic E-state index is 12.5. The maximum atomic E-state index is 12.5. The second-order valence-corrected chi connectivity index (χ2v) is 7.01. The third-order valence-electron chi connectivity index (χ3n) is 3.17. The summed E-state index contributed by atoms with van der Waals surface area (Å²) in [5.41, 5.74) is 1.64. The van der Waals surface area contributed by atoms with Crippen LogP contribution in [0.2, 0.25) is 5.02 Å². The van der Waals surface area contributed by atoms with Crippen LogP contribution in [0.1, 0.15) is 41.6 Å². The molecule has 1 heterocycles. The van der Waals surface area contributed by atoms with Crippen LogP contribution in [0.3, 0.4) is 0 Å². The molecule has 1 aromatic carbocycles. The molecule has 8 heteroatoms. The van der Waals surface area contributed by atoms with Gasteiger partial charge in [0.25, 0.3) is 5.91 Å². The molecule has 0 unspecified atom stereocenters. The van der Waals surface area contributed by atoms with Crippen molar-refractivity contribution in [2.75, 3.05) is 11.1 Å². The molecular formula is C17H18ClN3O3S. The van der Waals surface area contributed by atoms with Gasteiger partial charge in [0, 0.05) is 17.4 Å². The number of amides is 1. The molecule has 2 aromatic rings. The van der Waals surface area contributed by atoms with E-state index in [-0.39, 0.29) is 22.4 Å². The molecule has 0 aliphatic carbocycles. The number of carbonyl (C=O) groups excluding carboxylic acids is 1. The first kappa shape index (κ1) is 19.2. The molecule has 1 aromatic heterocycles. The van der Waals surface area contributed by atoms with Gasteiger partial charge in [-0.25, -0.2) is 9.97 Å². The molecule has 0 atom stereocenters. The van der Waals surface area contributed by atoms with Gasteiger partial charge in [-0.15, -0.1) is 11.8 Å². The van der Waals surface area contributed by atoms with Crippen molar-refractivity contribution in [1.29, 1.82) is 0 Å². The van der Waals surface area contributed by atoms with E-state index in [0.717, 1.165) is 5.56 Å². The Kier molecular flexibility index (Phi) is 6.78. The third kappa shape index (κ3) is 5.72. The predicted molar refractivity (Wildman–Crippen MR) is 99.3 cm³/mol. The Morgan fingerprint density at radius 3 is 2.80 bits per heavy atom. The first-order chi connectivity index (χ1) is 11.9. The number of nitrogens with zero attached hydrogens (tertiary/aromatic N) is 2. The van der Waals surface area contributed by atoms with E-state index in [1.807, 2.05) is 19.9 Å². The van der Waals surface area contributed by atoms with Gasteiger partial charge in [-0.3, -0.25) is 9.59 Å². The zero-order valence-electron chi connectivity index (χ0n) is 13.8. The normalized spacial score (nSPS) is 10.7. The van der Waals surface area contributed by atoms with Gasteiger partial charge >= 0.3 is 5.97 Å². The van der Waals surface area contributed by atoms with E-state index in [0.29, 0.717) is 17.3 Å². The van der Waals surface area contributed by atoms with Crippen LogP contribution < -0.4 is 5.32 Å². The molecule has 0 saturated heterocycles. The monoisotopic (exact) mass is 379 g/mol. The molecule has 2 rings (SSSR count). The first-order valence-electron chi connectivity index (χ1n) is 7.59. The van der Waals surface area contributed by atoms with Crippen LogP contribution in [0, 0.1) is 0 Å². The van der Waals surface area contributed by atoms with Crippen LogP contribution >= 0.6 is 23.4 Å². The van der Waals surface area contributed by atoms with Crippen molar-refractivity contribution in [3.63, 3.8) is 0 Å². The Balaban J connectivity index is 2.10. The number of carboxylic acids is 1. The molecule has 0 radical (unpaired) electrons. The number of anilines is 1. The van der Waals surface area contributed by atoms with Crippen LogP contribution in [-0.2, 0) is 10.5 Å². The second-order valence-electron chi connectivity index (χ2n) is 5.62. The number of hydrogen-bond acceptors (Lipinski definition) is 5. The van der Waals surface area contributed by atoms with Crippen LogP contribution in [0.5, 0.6) is 0 Å². The topological polar surface area (TPSA) is 92.2 Å². The smallest absolute Gasteiger partial charge is 0.313 e. The fourth-order valence-electron chi connectivity index (χ4n) is 2.00. The zero-order valence-corrected chi connectivity index (χ0v) is 15.4. The lowest BCUT2D eigenvalue weighted by atomic mass is 10.2. The van der Waals surface area contributed by atoms with Crippen LogP contribution in [0.15, 0.2) is 30.5 Å². The molecule has 0 aliphatic rings. The van der Waals surface area contributed by atoms with Gasteiger partial charge < -0.3 is 10.4 Å². The number of rotatable bonds is 7. The van der Waals surface area contributed by atoms with Crippen LogP contribution in [-0.4, -0.2) is 32.7 Å². The predicted octanol–water partition coefficient (Wildman–Crippen LogP) is 3.82. The van der Waals surface area contributed by atoms with E-state index in [1.165, 1.54) is 18.0 Å². The second kappa shape index (κ2) is 8.82. The minimum absolute atomic E-state index is 0.0328. The van der Waals surface area contributed by atoms with Gasteiger partial charge in [0.1, 0.15) is 5.82 Å². The van der Waals surface area contributed by atoms with Crippen molar-refractivity contribution >= 4 is 40.9 Å². The van der Waals surface area contributed by atoms with E-state index in [4.69, 9.17) is 16.7 Å². The molecule has 132 valence electrons. The standard InChI is InChI=1S/C17H18ClN3O3S/c1-10(2)16-19-7-13(18)15(21-16)17(24)20-12-5-3-4-11(6-12)8-25-9-14(22)23/h3-7,10H,8-9H2,1-2H3,(H,20,24)(H,22,23). The number of aromatic nitrogens is 2. The summed E-state index contributed by atoms with van der Waals surface area (Å²) < 4.78 is 0. The summed E-state index contributed by atoms with van der Waals surface area (Å²) in [6, 6.07) is 7.22. The lowest BCUT2D eigenvalue weighted by Crippen LogP contribution is -2.16. The highest BCUT2D eigenvalue weighted by Crippen LogP contribution is 2.20. The molecule has 0 saturated carbocycles. The minimum atomic E-state index is -0.853. The highest BCUT2D eigenvalue weighted by atomic mass is 35.5. The van der Waals surface area contributed by atoms with E-state index in [1.54, 1.807) is 18.2 Å². The van der Waals surface area contributed by atoms with Crippen molar-refractivity contribution in [2.24, 2.45) is 0 Å². The van der Waals surface area contributed by atoms with Crippen LogP contribution in [0.4, 0.5) is 5.69 Å². The Morgan fingerprint density at radius 1 is 1.36 bits per heavy atom. The Bertz CT molecular complexity index is 783. The largest absolute Gasteiger partial charge is 0.481 e. The van der Waals surface area contributed by atoms with Gasteiger partial charge in [-0.1, -0.05) is 37.6 Å². The highest BCUT2D eigenvalue weighted by molar-refractivity contribution is 7.99. The van der Waals surface area contributed by atoms with E-state index in [2.05, 4.69) is 15.3 Å². The molecule has 0 spiro atoms. The number of benzene rings is 1. The molecule has 6 nitrogen and oxygen atoms in total. The fourth-order valence-corrected chi connectivity index (χ4v) is 2.87. The lowest BCUT2D eigenvalue weighted by Gasteiger charge is -2.10. The van der Waals surface area contributed by atoms with E-state index >= 15 is 0 Å². The summed E-state index contributed by atoms with van der Waals surface area (Å²) >= 11 is 7.34. The summed E-state index contributed by atoms with van der Waals surface area (Å²) in [4.78, 5) is 31.4. The Morgan fingerprint density at radius 2 is 2.12 bits per heavy atom. The average molecular weight is 380 g/mol. The van der Waals surface area contributed by atoms with E-state index < -0.39 is 11.9 Å². The average Bonchev–Trinajstić information content (AvgIpc) is 2.55. The molecule has 2 N–H and O–H groups in total. The quantitative estimate of drug-likeness (QED) is 0.759. The Labute approximate surface area is 155 Å². The van der Waals surface area contributed by atoms with Crippen molar-refractivity contribution in [1.82, 2.24) is 9.97 Å². The third-order valence-corrected chi connectivity index (χ3v) is 4.44. The van der Waals surface area contributed by atoms with Gasteiger partial charge in [-0.2, -0.15) is 0 Å². The SMILES string of the molecule is CC(C)c1ncc(Cl)c(C(=O)Nc2cccc(CSCC(=O)O)c2)n1. The molecule has 0 aliphatic heterocycles. The number of carboxylic acid groups (broad SMARTS) is 1. The molecule has 1 amide bonds.